The third-order valence-electron chi connectivity index (χ3n) is 3.97. The van der Waals surface area contributed by atoms with Crippen molar-refractivity contribution < 1.29 is 18.7 Å². The third kappa shape index (κ3) is 5.72. The molecule has 8 heteroatoms. The van der Waals surface area contributed by atoms with E-state index in [9.17, 15) is 14.0 Å². The SMILES string of the molecule is CC(C)C(=O)NC1=CC(C(=O)NC(C)c2ccc(OCF)c(Cl)c2)=CCN1. The summed E-state index contributed by atoms with van der Waals surface area (Å²) in [5.74, 6) is 0.167. The summed E-state index contributed by atoms with van der Waals surface area (Å²) in [4.78, 5) is 24.3. The van der Waals surface area contributed by atoms with Crippen molar-refractivity contribution >= 4 is 23.4 Å². The first-order valence-electron chi connectivity index (χ1n) is 8.57. The van der Waals surface area contributed by atoms with E-state index in [1.165, 1.54) is 0 Å². The van der Waals surface area contributed by atoms with Crippen LogP contribution in [0.2, 0.25) is 5.02 Å². The number of benzene rings is 1. The van der Waals surface area contributed by atoms with Gasteiger partial charge >= 0.3 is 0 Å². The highest BCUT2D eigenvalue weighted by Crippen LogP contribution is 2.28. The van der Waals surface area contributed by atoms with Gasteiger partial charge in [-0.25, -0.2) is 4.39 Å². The van der Waals surface area contributed by atoms with Crippen LogP contribution in [0.5, 0.6) is 5.75 Å². The fourth-order valence-corrected chi connectivity index (χ4v) is 2.62. The Kier molecular flexibility index (Phi) is 7.24. The first-order chi connectivity index (χ1) is 12.8. The molecule has 1 aliphatic heterocycles. The Hall–Kier alpha value is -2.54. The second kappa shape index (κ2) is 9.41. The summed E-state index contributed by atoms with van der Waals surface area (Å²) in [5.41, 5.74) is 1.20. The minimum atomic E-state index is -0.963. The highest BCUT2D eigenvalue weighted by molar-refractivity contribution is 6.32. The lowest BCUT2D eigenvalue weighted by Gasteiger charge is -2.20. The van der Waals surface area contributed by atoms with Gasteiger partial charge in [0.15, 0.2) is 0 Å². The van der Waals surface area contributed by atoms with Crippen LogP contribution in [0.3, 0.4) is 0 Å². The third-order valence-corrected chi connectivity index (χ3v) is 4.27. The zero-order chi connectivity index (χ0) is 20.0. The summed E-state index contributed by atoms with van der Waals surface area (Å²) in [6.07, 6.45) is 3.33. The lowest BCUT2D eigenvalue weighted by molar-refractivity contribution is -0.123. The average Bonchev–Trinajstić information content (AvgIpc) is 2.63. The van der Waals surface area contributed by atoms with Gasteiger partial charge in [-0.15, -0.1) is 0 Å². The molecule has 0 saturated heterocycles. The Morgan fingerprint density at radius 2 is 2.07 bits per heavy atom. The van der Waals surface area contributed by atoms with E-state index in [-0.39, 0.29) is 34.5 Å². The second-order valence-corrected chi connectivity index (χ2v) is 6.79. The number of carbonyl (C=O) groups excluding carboxylic acids is 2. The van der Waals surface area contributed by atoms with E-state index in [0.29, 0.717) is 17.9 Å². The molecule has 146 valence electrons. The van der Waals surface area contributed by atoms with Gasteiger partial charge in [-0.2, -0.15) is 0 Å². The number of rotatable bonds is 7. The fraction of sp³-hybridized carbons (Fsp3) is 0.368. The van der Waals surface area contributed by atoms with E-state index < -0.39 is 6.86 Å². The summed E-state index contributed by atoms with van der Waals surface area (Å²) < 4.78 is 17.0. The number of hydrogen-bond acceptors (Lipinski definition) is 4. The standard InChI is InChI=1S/C19H23ClFN3O3/c1-11(2)18(25)24-17-9-14(6-7-22-17)19(26)23-12(3)13-4-5-16(27-10-21)15(20)8-13/h4-6,8-9,11-12,22H,7,10H2,1-3H3,(H,23,26)(H,24,25). The normalized spacial score (nSPS) is 14.6. The molecule has 6 nitrogen and oxygen atoms in total. The molecule has 0 aromatic heterocycles. The molecule has 0 bridgehead atoms. The molecular weight excluding hydrogens is 373 g/mol. The van der Waals surface area contributed by atoms with E-state index in [1.807, 2.05) is 6.92 Å². The van der Waals surface area contributed by atoms with Crippen LogP contribution in [-0.4, -0.2) is 25.2 Å². The van der Waals surface area contributed by atoms with E-state index >= 15 is 0 Å². The van der Waals surface area contributed by atoms with Gasteiger partial charge in [0.1, 0.15) is 11.6 Å². The van der Waals surface area contributed by atoms with Crippen LogP contribution in [-0.2, 0) is 9.59 Å². The summed E-state index contributed by atoms with van der Waals surface area (Å²) in [6, 6.07) is 4.57. The zero-order valence-electron chi connectivity index (χ0n) is 15.4. The maximum absolute atomic E-state index is 12.5. The van der Waals surface area contributed by atoms with Gasteiger partial charge < -0.3 is 20.7 Å². The number of nitrogens with one attached hydrogen (secondary N) is 3. The molecule has 1 unspecified atom stereocenters. The molecule has 0 spiro atoms. The highest BCUT2D eigenvalue weighted by atomic mass is 35.5. The van der Waals surface area contributed by atoms with Crippen molar-refractivity contribution in [2.24, 2.45) is 5.92 Å². The largest absolute Gasteiger partial charge is 0.461 e. The summed E-state index contributed by atoms with van der Waals surface area (Å²) in [7, 11) is 0. The molecule has 2 amide bonds. The molecule has 1 aliphatic rings. The maximum Gasteiger partial charge on any atom is 0.251 e. The maximum atomic E-state index is 12.5. The number of dihydropyridines is 1. The van der Waals surface area contributed by atoms with Crippen molar-refractivity contribution in [3.8, 4) is 5.75 Å². The molecule has 3 N–H and O–H groups in total. The Bertz CT molecular complexity index is 777. The van der Waals surface area contributed by atoms with Crippen molar-refractivity contribution in [1.82, 2.24) is 16.0 Å². The van der Waals surface area contributed by atoms with Crippen molar-refractivity contribution in [1.29, 1.82) is 0 Å². The molecular formula is C19H23ClFN3O3. The smallest absolute Gasteiger partial charge is 0.251 e. The van der Waals surface area contributed by atoms with Crippen LogP contribution in [0.15, 0.2) is 41.7 Å². The molecule has 1 atom stereocenters. The van der Waals surface area contributed by atoms with Gasteiger partial charge in [0, 0.05) is 18.0 Å². The van der Waals surface area contributed by atoms with E-state index in [4.69, 9.17) is 16.3 Å². The second-order valence-electron chi connectivity index (χ2n) is 6.38. The summed E-state index contributed by atoms with van der Waals surface area (Å²) >= 11 is 6.06. The Balaban J connectivity index is 2.03. The van der Waals surface area contributed by atoms with Crippen LogP contribution < -0.4 is 20.7 Å². The molecule has 0 radical (unpaired) electrons. The molecule has 27 heavy (non-hydrogen) atoms. The predicted octanol–water partition coefficient (Wildman–Crippen LogP) is 2.97. The van der Waals surface area contributed by atoms with Crippen molar-refractivity contribution in [3.05, 3.63) is 52.3 Å². The van der Waals surface area contributed by atoms with Gasteiger partial charge in [0.25, 0.3) is 5.91 Å². The molecule has 1 aromatic rings. The van der Waals surface area contributed by atoms with Gasteiger partial charge in [0.05, 0.1) is 11.1 Å². The van der Waals surface area contributed by atoms with Crippen LogP contribution in [0.25, 0.3) is 0 Å². The summed E-state index contributed by atoms with van der Waals surface area (Å²) in [5, 5.41) is 8.90. The Morgan fingerprint density at radius 3 is 2.70 bits per heavy atom. The van der Waals surface area contributed by atoms with E-state index in [1.54, 1.807) is 44.2 Å². The quantitative estimate of drug-likeness (QED) is 0.663. The average molecular weight is 396 g/mol. The number of amides is 2. The molecule has 0 aliphatic carbocycles. The lowest BCUT2D eigenvalue weighted by Crippen LogP contribution is -2.37. The topological polar surface area (TPSA) is 79.5 Å². The van der Waals surface area contributed by atoms with Crippen LogP contribution in [0, 0.1) is 5.92 Å². The molecule has 0 saturated carbocycles. The Morgan fingerprint density at radius 1 is 1.33 bits per heavy atom. The van der Waals surface area contributed by atoms with Gasteiger partial charge in [0.2, 0.25) is 12.8 Å². The van der Waals surface area contributed by atoms with Crippen LogP contribution in [0.1, 0.15) is 32.4 Å². The number of ether oxygens (including phenoxy) is 1. The van der Waals surface area contributed by atoms with Gasteiger partial charge in [-0.3, -0.25) is 9.59 Å². The lowest BCUT2D eigenvalue weighted by atomic mass is 10.1. The number of halogens is 2. The number of alkyl halides is 1. The van der Waals surface area contributed by atoms with Crippen LogP contribution >= 0.6 is 11.6 Å². The predicted molar refractivity (Wildman–Crippen MR) is 102 cm³/mol. The minimum Gasteiger partial charge on any atom is -0.461 e. The van der Waals surface area contributed by atoms with Crippen molar-refractivity contribution in [2.45, 2.75) is 26.8 Å². The first-order valence-corrected chi connectivity index (χ1v) is 8.95. The molecule has 0 fully saturated rings. The zero-order valence-corrected chi connectivity index (χ0v) is 16.2. The molecule has 1 aromatic carbocycles. The van der Waals surface area contributed by atoms with Gasteiger partial charge in [-0.05, 0) is 30.7 Å². The fourth-order valence-electron chi connectivity index (χ4n) is 2.38. The molecule has 2 rings (SSSR count). The monoisotopic (exact) mass is 395 g/mol. The highest BCUT2D eigenvalue weighted by Gasteiger charge is 2.17. The number of hydrogen-bond donors (Lipinski definition) is 3. The van der Waals surface area contributed by atoms with Crippen molar-refractivity contribution in [2.75, 3.05) is 13.4 Å². The van der Waals surface area contributed by atoms with Crippen molar-refractivity contribution in [3.63, 3.8) is 0 Å². The Labute approximate surface area is 162 Å². The molecule has 1 heterocycles. The van der Waals surface area contributed by atoms with Gasteiger partial charge in [-0.1, -0.05) is 37.6 Å². The van der Waals surface area contributed by atoms with E-state index in [2.05, 4.69) is 16.0 Å². The van der Waals surface area contributed by atoms with Crippen LogP contribution in [0.4, 0.5) is 4.39 Å². The first kappa shape index (κ1) is 20.8. The summed E-state index contributed by atoms with van der Waals surface area (Å²) in [6.45, 7) is 4.86. The minimum absolute atomic E-state index is 0.131. The van der Waals surface area contributed by atoms with E-state index in [0.717, 1.165) is 5.56 Å². The number of carbonyl (C=O) groups is 2.